The van der Waals surface area contributed by atoms with Crippen molar-refractivity contribution in [2.24, 2.45) is 5.92 Å². The SMILES string of the molecule is CC1CCC(C(=O)N(C)CCC2CCNCC2)O1. The molecule has 2 heterocycles. The van der Waals surface area contributed by atoms with E-state index in [4.69, 9.17) is 4.74 Å². The molecule has 1 amide bonds. The number of hydrogen-bond acceptors (Lipinski definition) is 3. The van der Waals surface area contributed by atoms with Crippen LogP contribution in [-0.2, 0) is 9.53 Å². The second kappa shape index (κ2) is 6.53. The highest BCUT2D eigenvalue weighted by Gasteiger charge is 2.30. The highest BCUT2D eigenvalue weighted by atomic mass is 16.5. The maximum atomic E-state index is 12.2. The Balaban J connectivity index is 1.70. The Kier molecular flexibility index (Phi) is 5.01. The molecule has 1 N–H and O–H groups in total. The second-order valence-corrected chi connectivity index (χ2v) is 5.75. The number of likely N-dealkylation sites (N-methyl/N-ethyl adjacent to an activating group) is 1. The van der Waals surface area contributed by atoms with Gasteiger partial charge in [0.2, 0.25) is 0 Å². The number of ether oxygens (including phenoxy) is 1. The Bertz CT molecular complexity index is 277. The lowest BCUT2D eigenvalue weighted by Crippen LogP contribution is -2.38. The predicted molar refractivity (Wildman–Crippen MR) is 71.4 cm³/mol. The number of carbonyl (C=O) groups is 1. The monoisotopic (exact) mass is 254 g/mol. The van der Waals surface area contributed by atoms with Crippen molar-refractivity contribution in [1.82, 2.24) is 10.2 Å². The van der Waals surface area contributed by atoms with Gasteiger partial charge < -0.3 is 15.0 Å². The van der Waals surface area contributed by atoms with Gasteiger partial charge in [-0.05, 0) is 58.0 Å². The van der Waals surface area contributed by atoms with E-state index in [9.17, 15) is 4.79 Å². The molecule has 2 saturated heterocycles. The lowest BCUT2D eigenvalue weighted by molar-refractivity contribution is -0.141. The highest BCUT2D eigenvalue weighted by molar-refractivity contribution is 5.80. The smallest absolute Gasteiger partial charge is 0.251 e. The Labute approximate surface area is 110 Å². The van der Waals surface area contributed by atoms with Crippen molar-refractivity contribution in [2.75, 3.05) is 26.7 Å². The zero-order valence-corrected chi connectivity index (χ0v) is 11.7. The van der Waals surface area contributed by atoms with Crippen LogP contribution in [0.4, 0.5) is 0 Å². The summed E-state index contributed by atoms with van der Waals surface area (Å²) in [5.74, 6) is 0.957. The van der Waals surface area contributed by atoms with Gasteiger partial charge in [-0.15, -0.1) is 0 Å². The minimum atomic E-state index is -0.182. The number of carbonyl (C=O) groups excluding carboxylic acids is 1. The summed E-state index contributed by atoms with van der Waals surface area (Å²) in [7, 11) is 1.91. The molecule has 18 heavy (non-hydrogen) atoms. The lowest BCUT2D eigenvalue weighted by atomic mass is 9.94. The molecule has 0 bridgehead atoms. The zero-order valence-electron chi connectivity index (χ0n) is 11.7. The third kappa shape index (κ3) is 3.69. The molecule has 2 atom stereocenters. The van der Waals surface area contributed by atoms with Crippen molar-refractivity contribution < 1.29 is 9.53 Å². The fraction of sp³-hybridized carbons (Fsp3) is 0.929. The maximum absolute atomic E-state index is 12.2. The summed E-state index contributed by atoms with van der Waals surface area (Å²) in [6, 6.07) is 0. The van der Waals surface area contributed by atoms with Gasteiger partial charge >= 0.3 is 0 Å². The topological polar surface area (TPSA) is 41.6 Å². The van der Waals surface area contributed by atoms with E-state index >= 15 is 0 Å². The molecule has 2 aliphatic rings. The van der Waals surface area contributed by atoms with Crippen molar-refractivity contribution in [1.29, 1.82) is 0 Å². The minimum Gasteiger partial charge on any atom is -0.365 e. The molecule has 2 fully saturated rings. The number of nitrogens with one attached hydrogen (secondary N) is 1. The van der Waals surface area contributed by atoms with Crippen molar-refractivity contribution in [3.63, 3.8) is 0 Å². The van der Waals surface area contributed by atoms with Gasteiger partial charge in [0.25, 0.3) is 5.91 Å². The van der Waals surface area contributed by atoms with E-state index in [1.165, 1.54) is 12.8 Å². The Morgan fingerprint density at radius 1 is 1.28 bits per heavy atom. The molecular weight excluding hydrogens is 228 g/mol. The van der Waals surface area contributed by atoms with E-state index < -0.39 is 0 Å². The average Bonchev–Trinajstić information content (AvgIpc) is 2.83. The fourth-order valence-electron chi connectivity index (χ4n) is 2.89. The van der Waals surface area contributed by atoms with Crippen LogP contribution in [0.5, 0.6) is 0 Å². The van der Waals surface area contributed by atoms with Gasteiger partial charge in [-0.3, -0.25) is 4.79 Å². The molecule has 2 aliphatic heterocycles. The molecule has 0 saturated carbocycles. The van der Waals surface area contributed by atoms with Crippen LogP contribution in [0.3, 0.4) is 0 Å². The Morgan fingerprint density at radius 2 is 2.00 bits per heavy atom. The summed E-state index contributed by atoms with van der Waals surface area (Å²) < 4.78 is 5.63. The first-order valence-corrected chi connectivity index (χ1v) is 7.28. The molecule has 4 heteroatoms. The van der Waals surface area contributed by atoms with Gasteiger partial charge in [0.15, 0.2) is 0 Å². The van der Waals surface area contributed by atoms with Crippen LogP contribution in [0.25, 0.3) is 0 Å². The molecule has 0 aliphatic carbocycles. The first kappa shape index (κ1) is 13.8. The summed E-state index contributed by atoms with van der Waals surface area (Å²) in [6.07, 6.45) is 5.59. The summed E-state index contributed by atoms with van der Waals surface area (Å²) in [5, 5.41) is 3.37. The molecule has 0 aromatic carbocycles. The molecule has 0 aromatic rings. The molecule has 4 nitrogen and oxygen atoms in total. The van der Waals surface area contributed by atoms with Crippen LogP contribution in [0.1, 0.15) is 39.0 Å². The summed E-state index contributed by atoms with van der Waals surface area (Å²) in [5.41, 5.74) is 0. The van der Waals surface area contributed by atoms with Crippen LogP contribution in [0.15, 0.2) is 0 Å². The fourth-order valence-corrected chi connectivity index (χ4v) is 2.89. The normalized spacial score (nSPS) is 29.4. The van der Waals surface area contributed by atoms with Crippen molar-refractivity contribution in [3.05, 3.63) is 0 Å². The molecule has 2 rings (SSSR count). The van der Waals surface area contributed by atoms with Crippen LogP contribution >= 0.6 is 0 Å². The van der Waals surface area contributed by atoms with Crippen molar-refractivity contribution in [2.45, 2.75) is 51.2 Å². The van der Waals surface area contributed by atoms with Crippen molar-refractivity contribution in [3.8, 4) is 0 Å². The standard InChI is InChI=1S/C14H26N2O2/c1-11-3-4-13(18-11)14(17)16(2)10-7-12-5-8-15-9-6-12/h11-13,15H,3-10H2,1-2H3. The third-order valence-corrected chi connectivity index (χ3v) is 4.22. The van der Waals surface area contributed by atoms with E-state index in [0.29, 0.717) is 0 Å². The predicted octanol–water partition coefficient (Wildman–Crippen LogP) is 1.40. The number of hydrogen-bond donors (Lipinski definition) is 1. The van der Waals surface area contributed by atoms with Gasteiger partial charge in [-0.1, -0.05) is 0 Å². The van der Waals surface area contributed by atoms with E-state index in [1.54, 1.807) is 0 Å². The molecule has 0 radical (unpaired) electrons. The second-order valence-electron chi connectivity index (χ2n) is 5.75. The summed E-state index contributed by atoms with van der Waals surface area (Å²) in [4.78, 5) is 14.0. The first-order chi connectivity index (χ1) is 8.66. The van der Waals surface area contributed by atoms with Crippen LogP contribution in [0, 0.1) is 5.92 Å². The molecular formula is C14H26N2O2. The zero-order chi connectivity index (χ0) is 13.0. The Hall–Kier alpha value is -0.610. The summed E-state index contributed by atoms with van der Waals surface area (Å²) in [6.45, 7) is 5.18. The minimum absolute atomic E-state index is 0.174. The van der Waals surface area contributed by atoms with Gasteiger partial charge in [-0.25, -0.2) is 0 Å². The lowest BCUT2D eigenvalue weighted by Gasteiger charge is -2.26. The third-order valence-electron chi connectivity index (χ3n) is 4.22. The molecule has 0 spiro atoms. The first-order valence-electron chi connectivity index (χ1n) is 7.28. The van der Waals surface area contributed by atoms with E-state index in [1.807, 2.05) is 18.9 Å². The number of nitrogens with zero attached hydrogens (tertiary/aromatic N) is 1. The highest BCUT2D eigenvalue weighted by Crippen LogP contribution is 2.21. The average molecular weight is 254 g/mol. The quantitative estimate of drug-likeness (QED) is 0.824. The van der Waals surface area contributed by atoms with Crippen LogP contribution in [0.2, 0.25) is 0 Å². The van der Waals surface area contributed by atoms with Gasteiger partial charge in [0.1, 0.15) is 6.10 Å². The number of amides is 1. The van der Waals surface area contributed by atoms with E-state index in [0.717, 1.165) is 44.8 Å². The van der Waals surface area contributed by atoms with Crippen LogP contribution < -0.4 is 5.32 Å². The van der Waals surface area contributed by atoms with Gasteiger partial charge in [-0.2, -0.15) is 0 Å². The molecule has 0 aromatic heterocycles. The van der Waals surface area contributed by atoms with Crippen LogP contribution in [-0.4, -0.2) is 49.7 Å². The molecule has 2 unspecified atom stereocenters. The largest absolute Gasteiger partial charge is 0.365 e. The molecule has 104 valence electrons. The van der Waals surface area contributed by atoms with E-state index in [-0.39, 0.29) is 18.1 Å². The van der Waals surface area contributed by atoms with E-state index in [2.05, 4.69) is 5.32 Å². The van der Waals surface area contributed by atoms with Crippen molar-refractivity contribution >= 4 is 5.91 Å². The van der Waals surface area contributed by atoms with Gasteiger partial charge in [0, 0.05) is 13.6 Å². The summed E-state index contributed by atoms with van der Waals surface area (Å²) >= 11 is 0. The maximum Gasteiger partial charge on any atom is 0.251 e. The number of piperidine rings is 1. The Morgan fingerprint density at radius 3 is 2.61 bits per heavy atom. The van der Waals surface area contributed by atoms with Gasteiger partial charge in [0.05, 0.1) is 6.10 Å². The number of rotatable bonds is 4.